The molecule has 1 aromatic heterocycles. The minimum absolute atomic E-state index is 0.0539. The van der Waals surface area contributed by atoms with Crippen LogP contribution in [-0.4, -0.2) is 29.5 Å². The van der Waals surface area contributed by atoms with Crippen LogP contribution in [0.4, 0.5) is 11.4 Å². The third-order valence-electron chi connectivity index (χ3n) is 5.41. The first-order valence-electron chi connectivity index (χ1n) is 10.8. The Morgan fingerprint density at radius 3 is 2.25 bits per heavy atom. The summed E-state index contributed by atoms with van der Waals surface area (Å²) in [5, 5.41) is 6.61. The summed E-state index contributed by atoms with van der Waals surface area (Å²) in [4.78, 5) is 38.9. The zero-order valence-electron chi connectivity index (χ0n) is 19.6. The zero-order chi connectivity index (χ0) is 26.0. The van der Waals surface area contributed by atoms with E-state index in [2.05, 4.69) is 16.1 Å². The van der Waals surface area contributed by atoms with Crippen molar-refractivity contribution >= 4 is 63.2 Å². The molecule has 36 heavy (non-hydrogen) atoms. The van der Waals surface area contributed by atoms with Gasteiger partial charge < -0.3 is 15.4 Å². The van der Waals surface area contributed by atoms with Crippen LogP contribution in [0.5, 0.6) is 5.75 Å². The van der Waals surface area contributed by atoms with Crippen molar-refractivity contribution in [3.8, 4) is 5.75 Å². The molecule has 0 spiro atoms. The normalized spacial score (nSPS) is 10.7. The lowest BCUT2D eigenvalue weighted by atomic mass is 10.1. The van der Waals surface area contributed by atoms with Gasteiger partial charge in [-0.2, -0.15) is 0 Å². The van der Waals surface area contributed by atoms with Gasteiger partial charge in [0, 0.05) is 26.8 Å². The molecule has 0 atom stereocenters. The molecule has 184 valence electrons. The lowest BCUT2D eigenvalue weighted by Crippen LogP contribution is -2.36. The molecule has 3 N–H and O–H groups in total. The molecule has 0 aliphatic rings. The summed E-state index contributed by atoms with van der Waals surface area (Å²) in [5.41, 5.74) is 5.68. The van der Waals surface area contributed by atoms with E-state index in [1.165, 1.54) is 30.0 Å². The van der Waals surface area contributed by atoms with E-state index >= 15 is 0 Å². The Balaban J connectivity index is 1.68. The number of methoxy groups -OCH3 is 1. The van der Waals surface area contributed by atoms with E-state index in [-0.39, 0.29) is 5.69 Å². The molecule has 0 fully saturated rings. The highest BCUT2D eigenvalue weighted by atomic mass is 35.5. The van der Waals surface area contributed by atoms with Crippen molar-refractivity contribution in [2.75, 3.05) is 23.2 Å². The lowest BCUT2D eigenvalue weighted by Gasteiger charge is -2.15. The number of benzene rings is 3. The van der Waals surface area contributed by atoms with Gasteiger partial charge >= 0.3 is 11.8 Å². The van der Waals surface area contributed by atoms with Gasteiger partial charge in [0.25, 0.3) is 5.91 Å². The predicted octanol–water partition coefficient (Wildman–Crippen LogP) is 5.53. The fraction of sp³-hybridized carbons (Fsp3) is 0.115. The highest BCUT2D eigenvalue weighted by molar-refractivity contribution is 6.42. The Kier molecular flexibility index (Phi) is 7.19. The second-order valence-corrected chi connectivity index (χ2v) is 8.96. The molecule has 0 saturated heterocycles. The number of nitrogens with zero attached hydrogens (tertiary/aromatic N) is 1. The molecule has 0 aliphatic carbocycles. The number of nitrogens with one attached hydrogen (secondary N) is 3. The Labute approximate surface area is 217 Å². The van der Waals surface area contributed by atoms with Crippen molar-refractivity contribution in [2.45, 2.75) is 13.8 Å². The van der Waals surface area contributed by atoms with Crippen molar-refractivity contribution in [3.05, 3.63) is 87.5 Å². The van der Waals surface area contributed by atoms with Gasteiger partial charge in [0.05, 0.1) is 7.11 Å². The van der Waals surface area contributed by atoms with E-state index in [1.54, 1.807) is 30.3 Å². The number of carbonyl (C=O) groups is 3. The van der Waals surface area contributed by atoms with Gasteiger partial charge in [-0.1, -0.05) is 53.0 Å². The maximum absolute atomic E-state index is 13.2. The Morgan fingerprint density at radius 2 is 1.58 bits per heavy atom. The van der Waals surface area contributed by atoms with Crippen LogP contribution in [0.25, 0.3) is 10.9 Å². The number of anilines is 2. The summed E-state index contributed by atoms with van der Waals surface area (Å²) in [7, 11) is 1.47. The third kappa shape index (κ3) is 5.30. The average Bonchev–Trinajstić information content (AvgIpc) is 3.18. The lowest BCUT2D eigenvalue weighted by molar-refractivity contribution is -0.133. The fourth-order valence-corrected chi connectivity index (χ4v) is 4.31. The maximum atomic E-state index is 13.2. The number of hydrogen-bond donors (Lipinski definition) is 3. The molecule has 0 saturated carbocycles. The monoisotopic (exact) mass is 524 g/mol. The number of fused-ring (bicyclic) bond motifs is 1. The number of amides is 3. The fourth-order valence-electron chi connectivity index (χ4n) is 3.78. The van der Waals surface area contributed by atoms with Gasteiger partial charge in [-0.25, -0.2) is 4.68 Å². The minimum Gasteiger partial charge on any atom is -0.494 e. The summed E-state index contributed by atoms with van der Waals surface area (Å²) < 4.78 is 6.66. The van der Waals surface area contributed by atoms with E-state index < -0.39 is 17.7 Å². The van der Waals surface area contributed by atoms with Crippen molar-refractivity contribution < 1.29 is 19.1 Å². The molecular weight excluding hydrogens is 503 g/mol. The summed E-state index contributed by atoms with van der Waals surface area (Å²) in [6, 6.07) is 16.8. The van der Waals surface area contributed by atoms with Gasteiger partial charge in [-0.15, -0.1) is 0 Å². The number of ether oxygens (including phenoxy) is 1. The van der Waals surface area contributed by atoms with Crippen LogP contribution in [0.3, 0.4) is 0 Å². The summed E-state index contributed by atoms with van der Waals surface area (Å²) in [6.45, 7) is 3.76. The largest absolute Gasteiger partial charge is 0.494 e. The molecule has 1 heterocycles. The Hall–Kier alpha value is -4.01. The van der Waals surface area contributed by atoms with E-state index in [0.29, 0.717) is 38.1 Å². The number of para-hydroxylation sites is 1. The number of rotatable bonds is 5. The quantitative estimate of drug-likeness (QED) is 0.298. The SMILES string of the molecule is COc1cccc2cc(C(=O)Nc3cc(Cl)cc(Cl)c3)n(NC(=O)C(=O)Nc3ccc(C)cc3C)c12. The minimum atomic E-state index is -0.974. The van der Waals surface area contributed by atoms with E-state index in [0.717, 1.165) is 11.1 Å². The number of carbonyl (C=O) groups excluding carboxylic acids is 3. The molecule has 0 bridgehead atoms. The number of aromatic nitrogens is 1. The average molecular weight is 525 g/mol. The smallest absolute Gasteiger partial charge is 0.328 e. The zero-order valence-corrected chi connectivity index (χ0v) is 21.1. The molecule has 10 heteroatoms. The summed E-state index contributed by atoms with van der Waals surface area (Å²) in [6.07, 6.45) is 0. The summed E-state index contributed by atoms with van der Waals surface area (Å²) >= 11 is 12.1. The van der Waals surface area contributed by atoms with Crippen molar-refractivity contribution in [1.29, 1.82) is 0 Å². The first-order chi connectivity index (χ1) is 17.2. The van der Waals surface area contributed by atoms with Crippen LogP contribution in [0, 0.1) is 13.8 Å². The predicted molar refractivity (Wildman–Crippen MR) is 142 cm³/mol. The third-order valence-corrected chi connectivity index (χ3v) is 5.85. The molecule has 8 nitrogen and oxygen atoms in total. The molecule has 4 aromatic rings. The summed E-state index contributed by atoms with van der Waals surface area (Å²) in [5.74, 6) is -2.04. The van der Waals surface area contributed by atoms with Gasteiger partial charge in [0.2, 0.25) is 0 Å². The van der Waals surface area contributed by atoms with Crippen molar-refractivity contribution in [2.24, 2.45) is 0 Å². The van der Waals surface area contributed by atoms with Gasteiger partial charge in [0.1, 0.15) is 17.0 Å². The second kappa shape index (κ2) is 10.3. The molecule has 0 radical (unpaired) electrons. The molecule has 3 aromatic carbocycles. The van der Waals surface area contributed by atoms with Crippen molar-refractivity contribution in [3.63, 3.8) is 0 Å². The highest BCUT2D eigenvalue weighted by Gasteiger charge is 2.23. The van der Waals surface area contributed by atoms with E-state index in [9.17, 15) is 14.4 Å². The second-order valence-electron chi connectivity index (χ2n) is 8.09. The van der Waals surface area contributed by atoms with Crippen LogP contribution in [-0.2, 0) is 9.59 Å². The van der Waals surface area contributed by atoms with Crippen molar-refractivity contribution in [1.82, 2.24) is 4.68 Å². The standard InChI is InChI=1S/C26H22Cl2N4O4/c1-14-7-8-20(15(2)9-14)30-25(34)26(35)31-32-21(10-16-5-4-6-22(36-3)23(16)32)24(33)29-19-12-17(27)11-18(28)13-19/h4-13H,1-3H3,(H,29,33)(H,30,34)(H,31,35). The van der Waals surface area contributed by atoms with Crippen LogP contribution in [0.15, 0.2) is 60.7 Å². The van der Waals surface area contributed by atoms with Gasteiger partial charge in [-0.3, -0.25) is 19.8 Å². The molecular formula is C26H22Cl2N4O4. The molecule has 0 aliphatic heterocycles. The Morgan fingerprint density at radius 1 is 0.861 bits per heavy atom. The highest BCUT2D eigenvalue weighted by Crippen LogP contribution is 2.29. The molecule has 3 amide bonds. The topological polar surface area (TPSA) is 101 Å². The number of aryl methyl sites for hydroxylation is 2. The van der Waals surface area contributed by atoms with Crippen LogP contribution in [0.1, 0.15) is 21.6 Å². The van der Waals surface area contributed by atoms with Crippen LogP contribution >= 0.6 is 23.2 Å². The van der Waals surface area contributed by atoms with Gasteiger partial charge in [-0.05, 0) is 55.8 Å². The number of halogens is 2. The molecule has 4 rings (SSSR count). The van der Waals surface area contributed by atoms with E-state index in [4.69, 9.17) is 27.9 Å². The van der Waals surface area contributed by atoms with Crippen LogP contribution < -0.4 is 20.8 Å². The first kappa shape index (κ1) is 25.1. The maximum Gasteiger partial charge on any atom is 0.328 e. The van der Waals surface area contributed by atoms with E-state index in [1.807, 2.05) is 26.0 Å². The Bertz CT molecular complexity index is 1490. The number of hydrogen-bond acceptors (Lipinski definition) is 4. The molecule has 0 unspecified atom stereocenters. The van der Waals surface area contributed by atoms with Gasteiger partial charge in [0.15, 0.2) is 0 Å². The first-order valence-corrected chi connectivity index (χ1v) is 11.6. The van der Waals surface area contributed by atoms with Crippen LogP contribution in [0.2, 0.25) is 10.0 Å².